The number of aromatic nitrogens is 4. The number of nitriles is 1. The van der Waals surface area contributed by atoms with Crippen molar-refractivity contribution in [1.82, 2.24) is 19.5 Å². The molecule has 0 saturated carbocycles. The van der Waals surface area contributed by atoms with Crippen LogP contribution in [0.5, 0.6) is 0 Å². The molecule has 50 heavy (non-hydrogen) atoms. The van der Waals surface area contributed by atoms with Gasteiger partial charge in [0.15, 0.2) is 0 Å². The molecule has 232 valence electrons. The van der Waals surface area contributed by atoms with Crippen molar-refractivity contribution in [2.24, 2.45) is 0 Å². The first kappa shape index (κ1) is 27.3. The van der Waals surface area contributed by atoms with E-state index in [9.17, 15) is 5.26 Å². The molecule has 0 aliphatic heterocycles. The molecule has 0 radical (unpaired) electrons. The fraction of sp³-hybridized carbons (Fsp3) is 0.0667. The molecule has 1 atom stereocenters. The van der Waals surface area contributed by atoms with Crippen LogP contribution in [0.15, 0.2) is 134 Å². The minimum atomic E-state index is 0.287. The van der Waals surface area contributed by atoms with Gasteiger partial charge in [0.25, 0.3) is 0 Å². The molecule has 9 aromatic rings. The summed E-state index contributed by atoms with van der Waals surface area (Å²) in [6.07, 6.45) is 3.81. The lowest BCUT2D eigenvalue weighted by atomic mass is 9.78. The van der Waals surface area contributed by atoms with Crippen LogP contribution in [0.3, 0.4) is 0 Å². The van der Waals surface area contributed by atoms with E-state index < -0.39 is 0 Å². The van der Waals surface area contributed by atoms with Crippen LogP contribution in [0.25, 0.3) is 83.1 Å². The molecule has 1 unspecified atom stereocenters. The van der Waals surface area contributed by atoms with Gasteiger partial charge in [-0.1, -0.05) is 91.0 Å². The standard InChI is InChI=1S/C45H27N5/c46-25-26-15-17-28(18-16-26)42-43-38(13-7-23-47-43)48-45(49-42)50-39-14-6-5-12-33(39)37-24-36-31-11-4-3-10-30(31)32-21-22-35(36)41(44(37)50)40-29-9-2-1-8-27(29)19-20-34(32)40/h1-20,23-24,32H,21-22H2. The molecule has 2 aliphatic rings. The van der Waals surface area contributed by atoms with Crippen LogP contribution < -0.4 is 0 Å². The van der Waals surface area contributed by atoms with Gasteiger partial charge in [-0.3, -0.25) is 9.55 Å². The van der Waals surface area contributed by atoms with Crippen LogP contribution in [-0.4, -0.2) is 19.5 Å². The molecule has 2 bridgehead atoms. The Kier molecular flexibility index (Phi) is 5.56. The van der Waals surface area contributed by atoms with Crippen molar-refractivity contribution in [2.45, 2.75) is 18.8 Å². The third-order valence-electron chi connectivity index (χ3n) is 10.9. The second-order valence-electron chi connectivity index (χ2n) is 13.4. The molecule has 0 spiro atoms. The van der Waals surface area contributed by atoms with Crippen molar-refractivity contribution in [2.75, 3.05) is 0 Å². The maximum Gasteiger partial charge on any atom is 0.235 e. The van der Waals surface area contributed by atoms with Gasteiger partial charge >= 0.3 is 0 Å². The molecule has 0 saturated heterocycles. The van der Waals surface area contributed by atoms with Crippen molar-refractivity contribution in [3.8, 4) is 45.5 Å². The number of benzene rings is 6. The van der Waals surface area contributed by atoms with Gasteiger partial charge in [0.05, 0.1) is 28.2 Å². The average Bonchev–Trinajstić information content (AvgIpc) is 3.28. The van der Waals surface area contributed by atoms with Crippen LogP contribution in [0.2, 0.25) is 0 Å². The number of pyridine rings is 1. The van der Waals surface area contributed by atoms with E-state index >= 15 is 0 Å². The van der Waals surface area contributed by atoms with E-state index in [2.05, 4.69) is 102 Å². The predicted molar refractivity (Wildman–Crippen MR) is 200 cm³/mol. The summed E-state index contributed by atoms with van der Waals surface area (Å²) < 4.78 is 2.30. The molecule has 5 heteroatoms. The molecule has 3 heterocycles. The Morgan fingerprint density at radius 2 is 1.50 bits per heavy atom. The molecule has 0 fully saturated rings. The summed E-state index contributed by atoms with van der Waals surface area (Å²) in [7, 11) is 0. The zero-order chi connectivity index (χ0) is 32.9. The van der Waals surface area contributed by atoms with Gasteiger partial charge in [0.1, 0.15) is 11.2 Å². The van der Waals surface area contributed by atoms with Crippen molar-refractivity contribution in [3.63, 3.8) is 0 Å². The van der Waals surface area contributed by atoms with Crippen LogP contribution in [0, 0.1) is 11.3 Å². The minimum Gasteiger partial charge on any atom is -0.277 e. The van der Waals surface area contributed by atoms with Crippen LogP contribution in [0.1, 0.15) is 34.6 Å². The maximum absolute atomic E-state index is 9.50. The lowest BCUT2D eigenvalue weighted by Gasteiger charge is -2.26. The van der Waals surface area contributed by atoms with E-state index in [0.717, 1.165) is 46.2 Å². The molecule has 0 N–H and O–H groups in total. The minimum absolute atomic E-state index is 0.287. The molecule has 2 aliphatic carbocycles. The summed E-state index contributed by atoms with van der Waals surface area (Å²) in [4.78, 5) is 15.3. The molecular formula is C45H27N5. The maximum atomic E-state index is 9.50. The number of hydrogen-bond donors (Lipinski definition) is 0. The Morgan fingerprint density at radius 3 is 2.40 bits per heavy atom. The monoisotopic (exact) mass is 637 g/mol. The average molecular weight is 638 g/mol. The second-order valence-corrected chi connectivity index (χ2v) is 13.4. The van der Waals surface area contributed by atoms with E-state index in [-0.39, 0.29) is 5.92 Å². The number of nitrogens with zero attached hydrogens (tertiary/aromatic N) is 5. The predicted octanol–water partition coefficient (Wildman–Crippen LogP) is 10.5. The van der Waals surface area contributed by atoms with Crippen molar-refractivity contribution in [1.29, 1.82) is 5.26 Å². The molecule has 6 aromatic carbocycles. The largest absolute Gasteiger partial charge is 0.277 e. The topological polar surface area (TPSA) is 67.4 Å². The van der Waals surface area contributed by atoms with Gasteiger partial charge in [-0.2, -0.15) is 5.26 Å². The highest BCUT2D eigenvalue weighted by atomic mass is 15.2. The number of rotatable bonds is 2. The summed E-state index contributed by atoms with van der Waals surface area (Å²) in [5, 5.41) is 14.4. The van der Waals surface area contributed by atoms with E-state index in [0.29, 0.717) is 11.5 Å². The van der Waals surface area contributed by atoms with E-state index in [1.165, 1.54) is 60.5 Å². The molecule has 5 nitrogen and oxygen atoms in total. The number of hydrogen-bond acceptors (Lipinski definition) is 4. The number of para-hydroxylation sites is 1. The van der Waals surface area contributed by atoms with E-state index in [1.54, 1.807) is 6.20 Å². The summed E-state index contributed by atoms with van der Waals surface area (Å²) in [6, 6.07) is 47.4. The smallest absolute Gasteiger partial charge is 0.235 e. The lowest BCUT2D eigenvalue weighted by Crippen LogP contribution is -2.07. The third kappa shape index (κ3) is 3.68. The lowest BCUT2D eigenvalue weighted by molar-refractivity contribution is 0.736. The molecule has 0 amide bonds. The Morgan fingerprint density at radius 1 is 0.680 bits per heavy atom. The highest BCUT2D eigenvalue weighted by Crippen LogP contribution is 2.55. The quantitative estimate of drug-likeness (QED) is 0.189. The third-order valence-corrected chi connectivity index (χ3v) is 10.9. The van der Waals surface area contributed by atoms with Crippen molar-refractivity contribution < 1.29 is 0 Å². The first-order valence-electron chi connectivity index (χ1n) is 17.1. The Balaban J connectivity index is 1.35. The Hall–Kier alpha value is -6.64. The zero-order valence-corrected chi connectivity index (χ0v) is 26.9. The van der Waals surface area contributed by atoms with Crippen LogP contribution in [-0.2, 0) is 6.42 Å². The van der Waals surface area contributed by atoms with Crippen LogP contribution in [0.4, 0.5) is 0 Å². The number of fused-ring (bicyclic) bond motifs is 15. The normalized spacial score (nSPS) is 14.4. The fourth-order valence-corrected chi connectivity index (χ4v) is 8.77. The van der Waals surface area contributed by atoms with Gasteiger partial charge in [-0.15, -0.1) is 0 Å². The summed E-state index contributed by atoms with van der Waals surface area (Å²) >= 11 is 0. The Labute approximate surface area is 287 Å². The zero-order valence-electron chi connectivity index (χ0n) is 26.9. The second kappa shape index (κ2) is 10.2. The van der Waals surface area contributed by atoms with Crippen molar-refractivity contribution >= 4 is 43.6 Å². The first-order valence-corrected chi connectivity index (χ1v) is 17.1. The molecule has 11 rings (SSSR count). The highest BCUT2D eigenvalue weighted by Gasteiger charge is 2.35. The van der Waals surface area contributed by atoms with Gasteiger partial charge in [-0.25, -0.2) is 9.97 Å². The first-order chi connectivity index (χ1) is 24.8. The van der Waals surface area contributed by atoms with Gasteiger partial charge < -0.3 is 0 Å². The SMILES string of the molecule is N#Cc1ccc(-c2nc(-n3c4ccccc4c4cc5c6c(c43)-c3c(ccc4ccccc34)C(CC6)c3ccccc3-5)nc3cccnc23)cc1. The van der Waals surface area contributed by atoms with Gasteiger partial charge in [-0.05, 0) is 93.4 Å². The highest BCUT2D eigenvalue weighted by molar-refractivity contribution is 6.19. The molecular weight excluding hydrogens is 611 g/mol. The van der Waals surface area contributed by atoms with Gasteiger partial charge in [0, 0.05) is 34.0 Å². The van der Waals surface area contributed by atoms with E-state index in [4.69, 9.17) is 15.0 Å². The fourth-order valence-electron chi connectivity index (χ4n) is 8.77. The summed E-state index contributed by atoms with van der Waals surface area (Å²) in [5.41, 5.74) is 15.4. The van der Waals surface area contributed by atoms with Crippen molar-refractivity contribution in [3.05, 3.63) is 156 Å². The summed E-state index contributed by atoms with van der Waals surface area (Å²) in [6.45, 7) is 0. The summed E-state index contributed by atoms with van der Waals surface area (Å²) in [5.74, 6) is 0.889. The van der Waals surface area contributed by atoms with Gasteiger partial charge in [0.2, 0.25) is 5.95 Å². The van der Waals surface area contributed by atoms with E-state index in [1.807, 2.05) is 36.4 Å². The molecule has 3 aromatic heterocycles. The Bertz CT molecular complexity index is 2950. The van der Waals surface area contributed by atoms with Crippen LogP contribution >= 0.6 is 0 Å².